The van der Waals surface area contributed by atoms with Crippen molar-refractivity contribution in [3.8, 4) is 0 Å². The van der Waals surface area contributed by atoms with Gasteiger partial charge in [0, 0.05) is 63.0 Å². The van der Waals surface area contributed by atoms with Crippen molar-refractivity contribution in [2.45, 2.75) is 74.6 Å². The lowest BCUT2D eigenvalue weighted by molar-refractivity contribution is -0.314. The van der Waals surface area contributed by atoms with Crippen LogP contribution in [0.15, 0.2) is 0 Å². The zero-order valence-corrected chi connectivity index (χ0v) is 19.3. The van der Waals surface area contributed by atoms with Crippen molar-refractivity contribution in [1.29, 1.82) is 0 Å². The molecule has 5 saturated carbocycles. The van der Waals surface area contributed by atoms with E-state index in [2.05, 4.69) is 11.8 Å². The van der Waals surface area contributed by atoms with E-state index in [-0.39, 0.29) is 52.8 Å². The number of nitrogens with zero attached hydrogens (tertiary/aromatic N) is 1. The number of hydrogen-bond donors (Lipinski definition) is 3. The van der Waals surface area contributed by atoms with E-state index in [1.54, 1.807) is 14.2 Å². The van der Waals surface area contributed by atoms with Gasteiger partial charge >= 0.3 is 0 Å². The zero-order chi connectivity index (χ0) is 22.0. The van der Waals surface area contributed by atoms with Crippen LogP contribution in [0.3, 0.4) is 0 Å². The molecule has 7 heteroatoms. The van der Waals surface area contributed by atoms with Gasteiger partial charge in [0.15, 0.2) is 0 Å². The minimum Gasteiger partial charge on any atom is -0.392 e. The maximum Gasteiger partial charge on any atom is 0.110 e. The van der Waals surface area contributed by atoms with Gasteiger partial charge in [-0.05, 0) is 44.1 Å². The van der Waals surface area contributed by atoms with Crippen molar-refractivity contribution in [3.05, 3.63) is 0 Å². The summed E-state index contributed by atoms with van der Waals surface area (Å²) in [6, 6.07) is -0.168. The Morgan fingerprint density at radius 3 is 2.48 bits per heavy atom. The summed E-state index contributed by atoms with van der Waals surface area (Å²) in [5.41, 5.74) is -2.99. The highest BCUT2D eigenvalue weighted by Gasteiger charge is 2.88. The number of aliphatic hydroxyl groups is 3. The van der Waals surface area contributed by atoms with Gasteiger partial charge in [0.25, 0.3) is 0 Å². The highest BCUT2D eigenvalue weighted by atomic mass is 16.5. The molecule has 176 valence electrons. The zero-order valence-electron chi connectivity index (χ0n) is 19.3. The van der Waals surface area contributed by atoms with Crippen LogP contribution in [0.1, 0.15) is 39.0 Å². The van der Waals surface area contributed by atoms with Crippen LogP contribution >= 0.6 is 0 Å². The van der Waals surface area contributed by atoms with E-state index in [0.717, 1.165) is 32.4 Å². The topological polar surface area (TPSA) is 91.6 Å². The molecule has 12 atom stereocenters. The molecule has 1 spiro atoms. The Labute approximate surface area is 185 Å². The van der Waals surface area contributed by atoms with Crippen LogP contribution in [-0.4, -0.2) is 96.8 Å². The van der Waals surface area contributed by atoms with Crippen molar-refractivity contribution in [2.75, 3.05) is 41.0 Å². The first-order valence-electron chi connectivity index (χ1n) is 12.2. The van der Waals surface area contributed by atoms with Crippen LogP contribution in [0.5, 0.6) is 0 Å². The summed E-state index contributed by atoms with van der Waals surface area (Å²) >= 11 is 0. The van der Waals surface area contributed by atoms with Crippen LogP contribution in [0.2, 0.25) is 0 Å². The van der Waals surface area contributed by atoms with Gasteiger partial charge < -0.3 is 29.5 Å². The van der Waals surface area contributed by atoms with Gasteiger partial charge in [-0.2, -0.15) is 0 Å². The number of hydrogen-bond acceptors (Lipinski definition) is 7. The first-order chi connectivity index (χ1) is 14.8. The largest absolute Gasteiger partial charge is 0.392 e. The Bertz CT molecular complexity index is 766. The minimum atomic E-state index is -1.35. The second-order valence-corrected chi connectivity index (χ2v) is 11.6. The maximum absolute atomic E-state index is 12.6. The molecule has 1 aliphatic heterocycles. The van der Waals surface area contributed by atoms with Gasteiger partial charge in [-0.1, -0.05) is 6.92 Å². The van der Waals surface area contributed by atoms with E-state index >= 15 is 0 Å². The van der Waals surface area contributed by atoms with E-state index < -0.39 is 17.3 Å². The summed E-state index contributed by atoms with van der Waals surface area (Å²) in [4.78, 5) is 2.43. The van der Waals surface area contributed by atoms with Gasteiger partial charge in [-0.15, -0.1) is 0 Å². The minimum absolute atomic E-state index is 0.00432. The third-order valence-corrected chi connectivity index (χ3v) is 11.3. The molecule has 6 fully saturated rings. The fourth-order valence-corrected chi connectivity index (χ4v) is 10.6. The van der Waals surface area contributed by atoms with Gasteiger partial charge in [-0.25, -0.2) is 0 Å². The van der Waals surface area contributed by atoms with Crippen LogP contribution < -0.4 is 0 Å². The Morgan fingerprint density at radius 2 is 1.84 bits per heavy atom. The van der Waals surface area contributed by atoms with Crippen LogP contribution in [0, 0.1) is 34.5 Å². The average Bonchev–Trinajstić information content (AvgIpc) is 3.12. The SMILES string of the molecule is CCN1C[C@]2(COC)CC[C@H](OC)[C@@]34[C@@H]5C[C@H]6[C@H](O)[C@@H]5[C@](O)(C[C@@H]6OC)[C@](O)(C[C@H]23)[C@@H]14. The number of likely N-dealkylation sites (tertiary alicyclic amines) is 1. The Morgan fingerprint density at radius 1 is 1.06 bits per heavy atom. The van der Waals surface area contributed by atoms with Crippen molar-refractivity contribution in [1.82, 2.24) is 4.90 Å². The molecule has 1 saturated heterocycles. The van der Waals surface area contributed by atoms with E-state index in [4.69, 9.17) is 14.2 Å². The summed E-state index contributed by atoms with van der Waals surface area (Å²) in [6.07, 6.45) is 2.86. The third kappa shape index (κ3) is 2.04. The van der Waals surface area contributed by atoms with E-state index in [1.165, 1.54) is 0 Å². The first kappa shape index (κ1) is 21.3. The molecular weight excluding hydrogens is 398 g/mol. The fourth-order valence-electron chi connectivity index (χ4n) is 10.6. The lowest BCUT2D eigenvalue weighted by Crippen LogP contribution is -2.81. The second-order valence-electron chi connectivity index (χ2n) is 11.6. The number of rotatable bonds is 5. The molecule has 7 nitrogen and oxygen atoms in total. The number of piperidine rings is 1. The van der Waals surface area contributed by atoms with Crippen molar-refractivity contribution >= 4 is 0 Å². The third-order valence-electron chi connectivity index (χ3n) is 11.3. The van der Waals surface area contributed by atoms with E-state index in [9.17, 15) is 15.3 Å². The predicted molar refractivity (Wildman–Crippen MR) is 112 cm³/mol. The van der Waals surface area contributed by atoms with Crippen LogP contribution in [-0.2, 0) is 14.2 Å². The van der Waals surface area contributed by atoms with E-state index in [1.807, 2.05) is 7.11 Å². The molecule has 0 unspecified atom stereocenters. The van der Waals surface area contributed by atoms with Crippen LogP contribution in [0.4, 0.5) is 0 Å². The summed E-state index contributed by atoms with van der Waals surface area (Å²) in [6.45, 7) is 4.53. The normalized spacial score (nSPS) is 61.6. The predicted octanol–water partition coefficient (Wildman–Crippen LogP) is 0.646. The number of fused-ring (bicyclic) bond motifs is 2. The number of methoxy groups -OCH3 is 3. The second kappa shape index (κ2) is 6.44. The fraction of sp³-hybridized carbons (Fsp3) is 1.00. The summed E-state index contributed by atoms with van der Waals surface area (Å²) in [5.74, 6) is -0.0121. The molecule has 1 heterocycles. The van der Waals surface area contributed by atoms with Crippen molar-refractivity contribution < 1.29 is 29.5 Å². The molecule has 0 amide bonds. The lowest BCUT2D eigenvalue weighted by atomic mass is 9.42. The van der Waals surface area contributed by atoms with Crippen molar-refractivity contribution in [3.63, 3.8) is 0 Å². The Kier molecular flexibility index (Phi) is 4.41. The summed E-state index contributed by atoms with van der Waals surface area (Å²) < 4.78 is 17.9. The quantitative estimate of drug-likeness (QED) is 0.582. The molecule has 0 aromatic heterocycles. The highest BCUT2D eigenvalue weighted by molar-refractivity contribution is 5.38. The Balaban J connectivity index is 1.62. The first-order valence-corrected chi connectivity index (χ1v) is 12.2. The molecule has 0 aromatic carbocycles. The molecule has 5 aliphatic carbocycles. The molecular formula is C24H39NO6. The van der Waals surface area contributed by atoms with Gasteiger partial charge in [0.05, 0.1) is 24.9 Å². The van der Waals surface area contributed by atoms with Gasteiger partial charge in [0.1, 0.15) is 11.2 Å². The van der Waals surface area contributed by atoms with Crippen LogP contribution in [0.25, 0.3) is 0 Å². The van der Waals surface area contributed by atoms with Gasteiger partial charge in [-0.3, -0.25) is 4.90 Å². The molecule has 0 radical (unpaired) electrons. The van der Waals surface area contributed by atoms with E-state index in [0.29, 0.717) is 19.4 Å². The summed E-state index contributed by atoms with van der Waals surface area (Å²) in [5, 5.41) is 36.4. The smallest absolute Gasteiger partial charge is 0.110 e. The van der Waals surface area contributed by atoms with Crippen molar-refractivity contribution in [2.24, 2.45) is 34.5 Å². The standard InChI is InChI=1S/C24H39NO6/c1-5-25-11-21(12-29-2)7-6-17(31-4)24-14-8-13-15(30-3)9-22(27,18(14)19(13)26)23(28,20(24)25)10-16(21)24/h13-20,26-28H,5-12H2,1-4H3/t13-,14-,15+,16-,17+,18-,19+,20-,21+,22-,23+,24-/m1/s1. The number of aliphatic hydroxyl groups excluding tert-OH is 1. The molecule has 7 bridgehead atoms. The molecule has 6 rings (SSSR count). The molecule has 31 heavy (non-hydrogen) atoms. The maximum atomic E-state index is 12.6. The number of likely N-dealkylation sites (N-methyl/N-ethyl adjacent to an activating group) is 1. The Hall–Kier alpha value is -0.280. The lowest BCUT2D eigenvalue weighted by Gasteiger charge is -2.70. The molecule has 0 aromatic rings. The average molecular weight is 438 g/mol. The van der Waals surface area contributed by atoms with Gasteiger partial charge in [0.2, 0.25) is 0 Å². The highest BCUT2D eigenvalue weighted by Crippen LogP contribution is 2.80. The molecule has 6 aliphatic rings. The summed E-state index contributed by atoms with van der Waals surface area (Å²) in [7, 11) is 5.26. The monoisotopic (exact) mass is 437 g/mol. The number of ether oxygens (including phenoxy) is 3. The molecule has 3 N–H and O–H groups in total.